The summed E-state index contributed by atoms with van der Waals surface area (Å²) in [6, 6.07) is 33.1. The first kappa shape index (κ1) is 26.0. The van der Waals surface area contributed by atoms with Crippen LogP contribution in [0.2, 0.25) is 0 Å². The first-order chi connectivity index (χ1) is 23.9. The van der Waals surface area contributed by atoms with E-state index in [0.29, 0.717) is 22.5 Å². The summed E-state index contributed by atoms with van der Waals surface area (Å²) in [6.07, 6.45) is 0. The van der Waals surface area contributed by atoms with Gasteiger partial charge in [0.15, 0.2) is 11.4 Å². The third-order valence-corrected chi connectivity index (χ3v) is 11.1. The molecule has 0 bridgehead atoms. The molecule has 49 heavy (non-hydrogen) atoms. The molecular weight excluding hydrogens is 601 g/mol. The monoisotopic (exact) mass is 620 g/mol. The molecule has 11 rings (SSSR count). The SMILES string of the molecule is [C-]#[N+]c1ccc2c3cc4c(c5c6ccc([N+]#[C-])cc6n(c2c1)c35)C(C)(C)c1c-4cc2c3ccc(C#N)cc3n3c4cc(C#N)ccc4c1c23. The van der Waals surface area contributed by atoms with Crippen molar-refractivity contribution in [2.45, 2.75) is 19.3 Å². The average Bonchev–Trinajstić information content (AvgIpc) is 3.89. The van der Waals surface area contributed by atoms with Gasteiger partial charge in [0, 0.05) is 59.5 Å². The summed E-state index contributed by atoms with van der Waals surface area (Å²) in [7, 11) is 0. The van der Waals surface area contributed by atoms with Crippen molar-refractivity contribution in [3.8, 4) is 23.3 Å². The van der Waals surface area contributed by atoms with Crippen LogP contribution in [0.3, 0.4) is 0 Å². The predicted octanol–water partition coefficient (Wildman–Crippen LogP) is 11.1. The number of aromatic nitrogens is 2. The Morgan fingerprint density at radius 3 is 1.43 bits per heavy atom. The zero-order valence-electron chi connectivity index (χ0n) is 26.3. The van der Waals surface area contributed by atoms with Crippen molar-refractivity contribution >= 4 is 87.6 Å². The second-order valence-corrected chi connectivity index (χ2v) is 13.8. The fraction of sp³-hybridized carbons (Fsp3) is 0.0698. The van der Waals surface area contributed by atoms with Crippen molar-refractivity contribution in [3.05, 3.63) is 130 Å². The molecule has 0 radical (unpaired) electrons. The van der Waals surface area contributed by atoms with Crippen LogP contribution in [0.1, 0.15) is 36.1 Å². The van der Waals surface area contributed by atoms with E-state index in [1.54, 1.807) is 0 Å². The highest BCUT2D eigenvalue weighted by Crippen LogP contribution is 2.59. The second kappa shape index (κ2) is 8.23. The second-order valence-electron chi connectivity index (χ2n) is 13.8. The van der Waals surface area contributed by atoms with Gasteiger partial charge >= 0.3 is 0 Å². The lowest BCUT2D eigenvalue weighted by atomic mass is 9.78. The van der Waals surface area contributed by atoms with Crippen LogP contribution in [0.25, 0.3) is 97.0 Å². The Hall–Kier alpha value is -7.12. The minimum absolute atomic E-state index is 0.421. The molecule has 0 amide bonds. The summed E-state index contributed by atoms with van der Waals surface area (Å²) in [5, 5.41) is 28.7. The van der Waals surface area contributed by atoms with Crippen molar-refractivity contribution in [3.63, 3.8) is 0 Å². The molecule has 1 aliphatic carbocycles. The molecule has 4 heterocycles. The van der Waals surface area contributed by atoms with Gasteiger partial charge in [-0.2, -0.15) is 10.5 Å². The topological polar surface area (TPSA) is 65.1 Å². The third-order valence-electron chi connectivity index (χ3n) is 11.1. The van der Waals surface area contributed by atoms with Crippen molar-refractivity contribution in [1.82, 2.24) is 8.80 Å². The molecule has 6 heteroatoms. The van der Waals surface area contributed by atoms with Crippen molar-refractivity contribution in [2.24, 2.45) is 0 Å². The van der Waals surface area contributed by atoms with Crippen molar-refractivity contribution in [1.29, 1.82) is 10.5 Å². The summed E-state index contributed by atoms with van der Waals surface area (Å²) in [6.45, 7) is 20.2. The Morgan fingerprint density at radius 2 is 0.939 bits per heavy atom. The Bertz CT molecular complexity index is 3170. The number of benzene rings is 6. The first-order valence-electron chi connectivity index (χ1n) is 16.0. The van der Waals surface area contributed by atoms with Gasteiger partial charge in [-0.05, 0) is 70.8 Å². The number of rotatable bonds is 0. The number of hydrogen-bond acceptors (Lipinski definition) is 2. The minimum Gasteiger partial charge on any atom is -0.311 e. The van der Waals surface area contributed by atoms with E-state index in [1.807, 2.05) is 48.5 Å². The molecular formula is C43H20N6. The van der Waals surface area contributed by atoms with Gasteiger partial charge in [0.1, 0.15) is 0 Å². The van der Waals surface area contributed by atoms with E-state index in [9.17, 15) is 10.5 Å². The van der Waals surface area contributed by atoms with Crippen LogP contribution in [0.15, 0.2) is 84.9 Å². The smallest absolute Gasteiger partial charge is 0.189 e. The maximum Gasteiger partial charge on any atom is 0.189 e. The highest BCUT2D eigenvalue weighted by Gasteiger charge is 2.42. The lowest BCUT2D eigenvalue weighted by molar-refractivity contribution is 0.673. The van der Waals surface area contributed by atoms with Crippen LogP contribution in [0, 0.1) is 35.8 Å². The molecule has 0 saturated carbocycles. The van der Waals surface area contributed by atoms with E-state index in [-0.39, 0.29) is 0 Å². The van der Waals surface area contributed by atoms with Gasteiger partial charge < -0.3 is 8.80 Å². The first-order valence-corrected chi connectivity index (χ1v) is 16.0. The highest BCUT2D eigenvalue weighted by molar-refractivity contribution is 6.30. The predicted molar refractivity (Wildman–Crippen MR) is 195 cm³/mol. The van der Waals surface area contributed by atoms with Crippen LogP contribution < -0.4 is 0 Å². The molecule has 1 aliphatic rings. The summed E-state index contributed by atoms with van der Waals surface area (Å²) in [5.41, 5.74) is 12.9. The summed E-state index contributed by atoms with van der Waals surface area (Å²) in [4.78, 5) is 7.53. The Labute approximate surface area is 278 Å². The normalized spacial score (nSPS) is 13.6. The quantitative estimate of drug-likeness (QED) is 0.158. The van der Waals surface area contributed by atoms with Crippen LogP contribution in [-0.2, 0) is 5.41 Å². The molecule has 0 saturated heterocycles. The van der Waals surface area contributed by atoms with Gasteiger partial charge in [0.25, 0.3) is 0 Å². The van der Waals surface area contributed by atoms with Gasteiger partial charge in [0.2, 0.25) is 0 Å². The van der Waals surface area contributed by atoms with E-state index in [4.69, 9.17) is 13.1 Å². The third kappa shape index (κ3) is 2.79. The summed E-state index contributed by atoms with van der Waals surface area (Å²) < 4.78 is 4.52. The number of nitrogens with zero attached hydrogens (tertiary/aromatic N) is 6. The summed E-state index contributed by atoms with van der Waals surface area (Å²) in [5.74, 6) is 0. The maximum absolute atomic E-state index is 9.90. The molecule has 0 aliphatic heterocycles. The van der Waals surface area contributed by atoms with Gasteiger partial charge in [-0.3, -0.25) is 0 Å². The van der Waals surface area contributed by atoms with Crippen molar-refractivity contribution < 1.29 is 0 Å². The zero-order valence-corrected chi connectivity index (χ0v) is 26.3. The zero-order chi connectivity index (χ0) is 33.1. The highest BCUT2D eigenvalue weighted by atomic mass is 14.9. The standard InChI is InChI=1S/C43H20N6/c1-43(2)39-29(17-31-25-9-5-21(19-44)13-33(25)48-34-14-22(20-45)6-10-27(34)37(39)41(31)48)30-18-32-26-11-7-23(46-3)15-35(26)49-36-16-24(47-4)8-12-28(36)38(40(30)43)42(32)49/h5-18H,1-2H3. The Morgan fingerprint density at radius 1 is 0.531 bits per heavy atom. The number of hydrogen-bond donors (Lipinski definition) is 0. The van der Waals surface area contributed by atoms with Crippen molar-refractivity contribution in [2.75, 3.05) is 0 Å². The molecule has 0 atom stereocenters. The molecule has 6 aromatic carbocycles. The molecule has 0 fully saturated rings. The fourth-order valence-corrected chi connectivity index (χ4v) is 9.33. The van der Waals surface area contributed by atoms with Gasteiger partial charge in [-0.15, -0.1) is 0 Å². The van der Waals surface area contributed by atoms with E-state index >= 15 is 0 Å². The van der Waals surface area contributed by atoms with Crippen LogP contribution >= 0.6 is 0 Å². The Balaban J connectivity index is 1.40. The molecule has 0 spiro atoms. The summed E-state index contributed by atoms with van der Waals surface area (Å²) >= 11 is 0. The average molecular weight is 621 g/mol. The van der Waals surface area contributed by atoms with Gasteiger partial charge in [0.05, 0.1) is 58.5 Å². The minimum atomic E-state index is -0.421. The maximum atomic E-state index is 9.90. The lowest BCUT2D eigenvalue weighted by Gasteiger charge is -2.24. The number of nitriles is 2. The van der Waals surface area contributed by atoms with E-state index in [1.165, 1.54) is 33.0 Å². The fourth-order valence-electron chi connectivity index (χ4n) is 9.33. The molecule has 4 aromatic heterocycles. The van der Waals surface area contributed by atoms with E-state index in [0.717, 1.165) is 65.4 Å². The largest absolute Gasteiger partial charge is 0.311 e. The molecule has 10 aromatic rings. The number of fused-ring (bicyclic) bond motifs is 17. The molecule has 222 valence electrons. The van der Waals surface area contributed by atoms with Gasteiger partial charge in [-0.1, -0.05) is 50.2 Å². The van der Waals surface area contributed by atoms with Crippen LogP contribution in [0.4, 0.5) is 11.4 Å². The molecule has 0 N–H and O–H groups in total. The van der Waals surface area contributed by atoms with Crippen LogP contribution in [0.5, 0.6) is 0 Å². The van der Waals surface area contributed by atoms with Gasteiger partial charge in [-0.25, -0.2) is 9.69 Å². The molecule has 6 nitrogen and oxygen atoms in total. The lowest BCUT2D eigenvalue weighted by Crippen LogP contribution is -2.16. The molecule has 0 unspecified atom stereocenters. The Kier molecular flexibility index (Phi) is 4.37. The van der Waals surface area contributed by atoms with Crippen LogP contribution in [-0.4, -0.2) is 8.80 Å². The van der Waals surface area contributed by atoms with E-state index in [2.05, 4.69) is 80.9 Å². The van der Waals surface area contributed by atoms with E-state index < -0.39 is 5.41 Å².